The minimum atomic E-state index is -0.0537. The van der Waals surface area contributed by atoms with Crippen LogP contribution in [0, 0.1) is 0 Å². The Labute approximate surface area is 197 Å². The highest BCUT2D eigenvalue weighted by Crippen LogP contribution is 2.37. The number of anilines is 2. The Morgan fingerprint density at radius 2 is 2.06 bits per heavy atom. The van der Waals surface area contributed by atoms with E-state index < -0.39 is 0 Å². The van der Waals surface area contributed by atoms with E-state index in [1.54, 1.807) is 13.4 Å². The van der Waals surface area contributed by atoms with Crippen molar-refractivity contribution in [2.45, 2.75) is 57.7 Å². The summed E-state index contributed by atoms with van der Waals surface area (Å²) >= 11 is 0. The first-order chi connectivity index (χ1) is 16.0. The highest BCUT2D eigenvalue weighted by Gasteiger charge is 2.38. The van der Waals surface area contributed by atoms with Gasteiger partial charge in [0, 0.05) is 49.7 Å². The first-order valence-corrected chi connectivity index (χ1v) is 12.0. The molecular weight excluding hydrogens is 416 g/mol. The lowest BCUT2D eigenvalue weighted by Crippen LogP contribution is -2.44. The zero-order valence-corrected chi connectivity index (χ0v) is 20.0. The number of rotatable bonds is 8. The molecule has 1 spiro atoms. The van der Waals surface area contributed by atoms with Crippen molar-refractivity contribution < 1.29 is 14.2 Å². The van der Waals surface area contributed by atoms with Crippen molar-refractivity contribution in [3.63, 3.8) is 0 Å². The Bertz CT molecular complexity index is 962. The molecule has 2 fully saturated rings. The highest BCUT2D eigenvalue weighted by atomic mass is 16.5. The van der Waals surface area contributed by atoms with Crippen molar-refractivity contribution in [2.24, 2.45) is 0 Å². The Balaban J connectivity index is 1.57. The fourth-order valence-corrected chi connectivity index (χ4v) is 4.86. The van der Waals surface area contributed by atoms with Crippen LogP contribution in [0.2, 0.25) is 0 Å². The van der Waals surface area contributed by atoms with Gasteiger partial charge in [-0.2, -0.15) is 0 Å². The second-order valence-corrected chi connectivity index (χ2v) is 9.04. The third-order valence-corrected chi connectivity index (χ3v) is 6.57. The van der Waals surface area contributed by atoms with Crippen LogP contribution >= 0.6 is 0 Å². The summed E-state index contributed by atoms with van der Waals surface area (Å²) in [5.74, 6) is 1.72. The Morgan fingerprint density at radius 1 is 1.24 bits per heavy atom. The van der Waals surface area contributed by atoms with Crippen LogP contribution in [0.15, 0.2) is 36.7 Å². The van der Waals surface area contributed by atoms with E-state index in [9.17, 15) is 0 Å². The van der Waals surface area contributed by atoms with Gasteiger partial charge in [0.2, 0.25) is 0 Å². The van der Waals surface area contributed by atoms with Gasteiger partial charge >= 0.3 is 0 Å². The molecule has 7 heteroatoms. The number of piperidine rings is 1. The first-order valence-electron chi connectivity index (χ1n) is 12.0. The Morgan fingerprint density at radius 3 is 2.76 bits per heavy atom. The number of allylic oxidation sites excluding steroid dienone is 1. The van der Waals surface area contributed by atoms with Gasteiger partial charge in [-0.05, 0) is 57.2 Å². The van der Waals surface area contributed by atoms with Crippen LogP contribution < -0.4 is 15.4 Å². The average molecular weight is 453 g/mol. The van der Waals surface area contributed by atoms with Gasteiger partial charge in [0.1, 0.15) is 24.0 Å². The third-order valence-electron chi connectivity index (χ3n) is 6.57. The van der Waals surface area contributed by atoms with Gasteiger partial charge < -0.3 is 24.8 Å². The summed E-state index contributed by atoms with van der Waals surface area (Å²) in [4.78, 5) is 11.5. The van der Waals surface area contributed by atoms with Crippen molar-refractivity contribution >= 4 is 17.1 Å². The largest absolute Gasteiger partial charge is 0.488 e. The number of benzene rings is 1. The van der Waals surface area contributed by atoms with Crippen LogP contribution in [0.3, 0.4) is 0 Å². The molecule has 0 radical (unpaired) electrons. The molecule has 2 aliphatic rings. The zero-order valence-electron chi connectivity index (χ0n) is 20.0. The van der Waals surface area contributed by atoms with E-state index in [2.05, 4.69) is 33.9 Å². The molecule has 2 aromatic rings. The molecular formula is C26H36N4O3. The maximum atomic E-state index is 6.41. The lowest BCUT2D eigenvalue weighted by molar-refractivity contribution is -0.0147. The maximum Gasteiger partial charge on any atom is 0.132 e. The van der Waals surface area contributed by atoms with Crippen molar-refractivity contribution in [1.29, 1.82) is 0 Å². The van der Waals surface area contributed by atoms with E-state index in [-0.39, 0.29) is 11.7 Å². The lowest BCUT2D eigenvalue weighted by atomic mass is 9.88. The van der Waals surface area contributed by atoms with Gasteiger partial charge in [-0.25, -0.2) is 9.97 Å². The number of methoxy groups -OCH3 is 1. The molecule has 2 N–H and O–H groups in total. The third kappa shape index (κ3) is 5.47. The number of nitrogens with two attached hydrogens (primary N) is 1. The summed E-state index contributed by atoms with van der Waals surface area (Å²) in [5.41, 5.74) is 9.97. The van der Waals surface area contributed by atoms with Gasteiger partial charge in [0.05, 0.1) is 17.9 Å². The molecule has 2 aliphatic heterocycles. The summed E-state index contributed by atoms with van der Waals surface area (Å²) in [6.45, 7) is 7.42. The van der Waals surface area contributed by atoms with E-state index in [0.29, 0.717) is 12.3 Å². The fraction of sp³-hybridized carbons (Fsp3) is 0.538. The van der Waals surface area contributed by atoms with Gasteiger partial charge in [-0.15, -0.1) is 0 Å². The minimum absolute atomic E-state index is 0.0537. The van der Waals surface area contributed by atoms with E-state index >= 15 is 0 Å². The minimum Gasteiger partial charge on any atom is -0.488 e. The first kappa shape index (κ1) is 23.5. The molecule has 0 amide bonds. The molecule has 4 rings (SSSR count). The molecule has 178 valence electrons. The standard InChI is InChI=1S/C26H36N4O3/c1-4-6-21(22-15-20(7-8-23(22)27)33-19(2)17-31-3)24-16-25(29-18-28-24)30-12-10-26(11-13-30)9-5-14-32-26/h6-8,15-16,18-19H,4-5,9-14,17,27H2,1-3H3. The van der Waals surface area contributed by atoms with E-state index in [1.807, 2.05) is 25.1 Å². The highest BCUT2D eigenvalue weighted by molar-refractivity contribution is 5.85. The van der Waals surface area contributed by atoms with Crippen LogP contribution in [-0.4, -0.2) is 55.1 Å². The Kier molecular flexibility index (Phi) is 7.50. The molecule has 0 saturated carbocycles. The summed E-state index contributed by atoms with van der Waals surface area (Å²) < 4.78 is 17.3. The molecule has 33 heavy (non-hydrogen) atoms. The molecule has 1 aromatic carbocycles. The monoisotopic (exact) mass is 452 g/mol. The van der Waals surface area contributed by atoms with Gasteiger partial charge in [0.25, 0.3) is 0 Å². The predicted molar refractivity (Wildman–Crippen MR) is 132 cm³/mol. The number of ether oxygens (including phenoxy) is 3. The predicted octanol–water partition coefficient (Wildman–Crippen LogP) is 4.46. The summed E-state index contributed by atoms with van der Waals surface area (Å²) in [6.07, 6.45) is 9.09. The molecule has 3 heterocycles. The topological polar surface area (TPSA) is 82.7 Å². The molecule has 1 unspecified atom stereocenters. The molecule has 0 bridgehead atoms. The van der Waals surface area contributed by atoms with Crippen molar-refractivity contribution in [3.05, 3.63) is 47.9 Å². The molecule has 7 nitrogen and oxygen atoms in total. The maximum absolute atomic E-state index is 6.41. The zero-order chi connectivity index (χ0) is 23.3. The number of hydrogen-bond donors (Lipinski definition) is 1. The number of aromatic nitrogens is 2. The summed E-state index contributed by atoms with van der Waals surface area (Å²) in [5, 5.41) is 0. The van der Waals surface area contributed by atoms with Crippen LogP contribution in [0.25, 0.3) is 5.57 Å². The molecule has 0 aliphatic carbocycles. The molecule has 1 atom stereocenters. The average Bonchev–Trinajstić information content (AvgIpc) is 3.27. The Hall–Kier alpha value is -2.64. The van der Waals surface area contributed by atoms with Crippen molar-refractivity contribution in [3.8, 4) is 5.75 Å². The van der Waals surface area contributed by atoms with E-state index in [1.165, 1.54) is 12.8 Å². The van der Waals surface area contributed by atoms with Crippen LogP contribution in [-0.2, 0) is 9.47 Å². The SMILES string of the molecule is CCC=C(c1cc(N2CCC3(CCCO3)CC2)ncn1)c1cc(OC(C)COC)ccc1N. The normalized spacial score (nSPS) is 19.1. The lowest BCUT2D eigenvalue weighted by Gasteiger charge is -2.39. The summed E-state index contributed by atoms with van der Waals surface area (Å²) in [7, 11) is 1.67. The number of nitrogens with zero attached hydrogens (tertiary/aromatic N) is 3. The van der Waals surface area contributed by atoms with Crippen molar-refractivity contribution in [1.82, 2.24) is 9.97 Å². The quantitative estimate of drug-likeness (QED) is 0.592. The van der Waals surface area contributed by atoms with Gasteiger partial charge in [0.15, 0.2) is 0 Å². The molecule has 2 saturated heterocycles. The fourth-order valence-electron chi connectivity index (χ4n) is 4.86. The van der Waals surface area contributed by atoms with Gasteiger partial charge in [-0.3, -0.25) is 0 Å². The van der Waals surface area contributed by atoms with Gasteiger partial charge in [-0.1, -0.05) is 13.0 Å². The smallest absolute Gasteiger partial charge is 0.132 e. The van der Waals surface area contributed by atoms with Crippen molar-refractivity contribution in [2.75, 3.05) is 44.0 Å². The second kappa shape index (κ2) is 10.5. The summed E-state index contributed by atoms with van der Waals surface area (Å²) in [6, 6.07) is 7.86. The van der Waals surface area contributed by atoms with Crippen LogP contribution in [0.1, 0.15) is 57.2 Å². The van der Waals surface area contributed by atoms with Crippen LogP contribution in [0.4, 0.5) is 11.5 Å². The number of hydrogen-bond acceptors (Lipinski definition) is 7. The van der Waals surface area contributed by atoms with E-state index in [0.717, 1.165) is 67.4 Å². The van der Waals surface area contributed by atoms with E-state index in [4.69, 9.17) is 19.9 Å². The molecule has 1 aromatic heterocycles. The van der Waals surface area contributed by atoms with Crippen LogP contribution in [0.5, 0.6) is 5.75 Å². The number of nitrogen functional groups attached to an aromatic ring is 1. The second-order valence-electron chi connectivity index (χ2n) is 9.04.